The van der Waals surface area contributed by atoms with Gasteiger partial charge in [0.25, 0.3) is 0 Å². The van der Waals surface area contributed by atoms with Crippen LogP contribution in [0.3, 0.4) is 0 Å². The molecule has 0 radical (unpaired) electrons. The van der Waals surface area contributed by atoms with Crippen molar-refractivity contribution in [2.24, 2.45) is 11.8 Å². The molecule has 2 heterocycles. The topological polar surface area (TPSA) is 51.2 Å². The maximum absolute atomic E-state index is 13.3. The van der Waals surface area contributed by atoms with Crippen molar-refractivity contribution in [3.05, 3.63) is 59.7 Å². The molecule has 0 amide bonds. The Hall–Kier alpha value is -1.92. The molecule has 0 spiro atoms. The van der Waals surface area contributed by atoms with Gasteiger partial charge in [-0.25, -0.2) is 4.39 Å². The predicted octanol–water partition coefficient (Wildman–Crippen LogP) is 5.66. The first-order valence-corrected chi connectivity index (χ1v) is 12.9. The van der Waals surface area contributed by atoms with Crippen LogP contribution in [0.5, 0.6) is 5.75 Å². The smallest absolute Gasteiger partial charge is 0.219 e. The van der Waals surface area contributed by atoms with Crippen molar-refractivity contribution in [2.45, 2.75) is 57.4 Å². The summed E-state index contributed by atoms with van der Waals surface area (Å²) < 4.78 is 19.2. The van der Waals surface area contributed by atoms with Crippen molar-refractivity contribution < 1.29 is 13.9 Å². The van der Waals surface area contributed by atoms with Gasteiger partial charge in [0.2, 0.25) is 5.12 Å². The fourth-order valence-corrected chi connectivity index (χ4v) is 5.75. The van der Waals surface area contributed by atoms with Gasteiger partial charge >= 0.3 is 0 Å². The van der Waals surface area contributed by atoms with Gasteiger partial charge in [-0.2, -0.15) is 0 Å². The molecule has 1 aromatic heterocycles. The highest BCUT2D eigenvalue weighted by Crippen LogP contribution is 2.34. The number of aromatic nitrogens is 1. The minimum Gasteiger partial charge on any atom is -0.490 e. The Morgan fingerprint density at radius 1 is 1.12 bits per heavy atom. The van der Waals surface area contributed by atoms with Crippen LogP contribution in [-0.2, 0) is 6.42 Å². The highest BCUT2D eigenvalue weighted by Gasteiger charge is 2.22. The molecule has 0 unspecified atom stereocenters. The van der Waals surface area contributed by atoms with Crippen molar-refractivity contribution in [2.75, 3.05) is 18.9 Å². The van der Waals surface area contributed by atoms with E-state index in [0.29, 0.717) is 23.4 Å². The molecule has 1 aromatic carbocycles. The van der Waals surface area contributed by atoms with E-state index in [1.54, 1.807) is 12.1 Å². The highest BCUT2D eigenvalue weighted by molar-refractivity contribution is 8.14. The lowest BCUT2D eigenvalue weighted by Gasteiger charge is -2.28. The van der Waals surface area contributed by atoms with E-state index in [1.807, 2.05) is 12.4 Å². The van der Waals surface area contributed by atoms with E-state index in [1.165, 1.54) is 68.0 Å². The highest BCUT2D eigenvalue weighted by atomic mass is 32.2. The van der Waals surface area contributed by atoms with E-state index in [0.717, 1.165) is 37.5 Å². The molecule has 4 rings (SSSR count). The zero-order valence-electron chi connectivity index (χ0n) is 18.6. The van der Waals surface area contributed by atoms with Gasteiger partial charge in [-0.15, -0.1) is 0 Å². The molecule has 1 aliphatic carbocycles. The lowest BCUT2D eigenvalue weighted by atomic mass is 9.78. The fourth-order valence-electron chi connectivity index (χ4n) is 4.82. The summed E-state index contributed by atoms with van der Waals surface area (Å²) in [6.45, 7) is 1.81. The predicted molar refractivity (Wildman–Crippen MR) is 128 cm³/mol. The number of carbonyl (C=O) groups is 1. The fraction of sp³-hybridized carbons (Fsp3) is 0.538. The summed E-state index contributed by atoms with van der Waals surface area (Å²) in [6, 6.07) is 8.59. The Balaban J connectivity index is 1.15. The normalized spacial score (nSPS) is 23.2. The molecular formula is C26H33FN2O2S. The van der Waals surface area contributed by atoms with E-state index in [-0.39, 0.29) is 10.9 Å². The molecule has 1 atom stereocenters. The van der Waals surface area contributed by atoms with Gasteiger partial charge in [0, 0.05) is 23.6 Å². The van der Waals surface area contributed by atoms with E-state index in [4.69, 9.17) is 4.74 Å². The lowest BCUT2D eigenvalue weighted by molar-refractivity contribution is 0.108. The summed E-state index contributed by atoms with van der Waals surface area (Å²) in [5.41, 5.74) is 1.72. The summed E-state index contributed by atoms with van der Waals surface area (Å²) in [5.74, 6) is 2.72. The molecule has 2 fully saturated rings. The minimum atomic E-state index is -0.354. The third-order valence-corrected chi connectivity index (χ3v) is 7.63. The monoisotopic (exact) mass is 456 g/mol. The van der Waals surface area contributed by atoms with Crippen LogP contribution in [0.2, 0.25) is 0 Å². The van der Waals surface area contributed by atoms with Crippen molar-refractivity contribution in [1.29, 1.82) is 0 Å². The van der Waals surface area contributed by atoms with Crippen molar-refractivity contribution in [1.82, 2.24) is 10.3 Å². The number of halogens is 1. The zero-order chi connectivity index (χ0) is 22.2. The number of ether oxygens (including phenoxy) is 1. The Labute approximate surface area is 194 Å². The van der Waals surface area contributed by atoms with Gasteiger partial charge in [-0.05, 0) is 80.7 Å². The van der Waals surface area contributed by atoms with Crippen molar-refractivity contribution >= 4 is 16.9 Å². The first-order chi connectivity index (χ1) is 15.7. The number of nitrogens with one attached hydrogen (secondary N) is 1. The second kappa shape index (κ2) is 11.8. The summed E-state index contributed by atoms with van der Waals surface area (Å²) in [7, 11) is 0. The number of benzene rings is 1. The minimum absolute atomic E-state index is 0.0310. The maximum Gasteiger partial charge on any atom is 0.219 e. The number of carbonyl (C=O) groups excluding carboxylic acids is 1. The molecule has 32 heavy (non-hydrogen) atoms. The summed E-state index contributed by atoms with van der Waals surface area (Å²) in [5, 5.41) is 3.43. The van der Waals surface area contributed by atoms with Crippen LogP contribution in [0.15, 0.2) is 42.7 Å². The van der Waals surface area contributed by atoms with Crippen LogP contribution in [0.25, 0.3) is 0 Å². The molecule has 4 nitrogen and oxygen atoms in total. The average Bonchev–Trinajstić information content (AvgIpc) is 3.33. The molecule has 1 N–H and O–H groups in total. The average molecular weight is 457 g/mol. The quantitative estimate of drug-likeness (QED) is 0.527. The Bertz CT molecular complexity index is 880. The molecule has 2 aromatic rings. The van der Waals surface area contributed by atoms with Gasteiger partial charge in [0.05, 0.1) is 6.20 Å². The number of hydrogen-bond donors (Lipinski definition) is 1. The summed E-state index contributed by atoms with van der Waals surface area (Å²) >= 11 is 1.32. The largest absolute Gasteiger partial charge is 0.490 e. The molecule has 6 heteroatoms. The Kier molecular flexibility index (Phi) is 8.57. The summed E-state index contributed by atoms with van der Waals surface area (Å²) in [6.07, 6.45) is 13.2. The third-order valence-electron chi connectivity index (χ3n) is 6.69. The van der Waals surface area contributed by atoms with Crippen LogP contribution >= 0.6 is 11.8 Å². The number of thioether (sulfide) groups is 1. The van der Waals surface area contributed by atoms with Gasteiger partial charge in [0.15, 0.2) is 0 Å². The molecule has 2 aliphatic rings. The number of pyridine rings is 1. The standard InChI is InChI=1S/C26H33FN2O2S/c27-23-4-1-3-22(15-23)26(30)32-12-10-19-6-8-20(9-7-19)13-21-14-25(17-28-16-21)31-18-24-5-2-11-29-24/h1,3-4,14-17,19-20,24,29H,2,5-13,18H2/t19?,20?,24-/m0/s1. The second-order valence-electron chi connectivity index (χ2n) is 9.16. The van der Waals surface area contributed by atoms with Gasteiger partial charge in [-0.1, -0.05) is 36.7 Å². The number of rotatable bonds is 9. The first-order valence-electron chi connectivity index (χ1n) is 11.9. The van der Waals surface area contributed by atoms with E-state index < -0.39 is 0 Å². The molecule has 1 saturated carbocycles. The summed E-state index contributed by atoms with van der Waals surface area (Å²) in [4.78, 5) is 16.6. The van der Waals surface area contributed by atoms with Crippen molar-refractivity contribution in [3.63, 3.8) is 0 Å². The second-order valence-corrected chi connectivity index (χ2v) is 10.2. The SMILES string of the molecule is O=C(SCCC1CCC(Cc2cncc(OC[C@@H]3CCCN3)c2)CC1)c1cccc(F)c1. The van der Waals surface area contributed by atoms with E-state index >= 15 is 0 Å². The van der Waals surface area contributed by atoms with Crippen LogP contribution in [-0.4, -0.2) is 35.0 Å². The Morgan fingerprint density at radius 3 is 2.75 bits per heavy atom. The Morgan fingerprint density at radius 2 is 1.97 bits per heavy atom. The number of nitrogens with zero attached hydrogens (tertiary/aromatic N) is 1. The van der Waals surface area contributed by atoms with E-state index in [9.17, 15) is 9.18 Å². The molecular weight excluding hydrogens is 423 g/mol. The zero-order valence-corrected chi connectivity index (χ0v) is 19.4. The lowest BCUT2D eigenvalue weighted by Crippen LogP contribution is -2.28. The molecule has 1 aliphatic heterocycles. The third kappa shape index (κ3) is 7.04. The molecule has 0 bridgehead atoms. The van der Waals surface area contributed by atoms with Crippen LogP contribution < -0.4 is 10.1 Å². The van der Waals surface area contributed by atoms with Gasteiger partial charge < -0.3 is 10.1 Å². The van der Waals surface area contributed by atoms with Crippen LogP contribution in [0, 0.1) is 17.7 Å². The van der Waals surface area contributed by atoms with Crippen molar-refractivity contribution in [3.8, 4) is 5.75 Å². The van der Waals surface area contributed by atoms with Crippen LogP contribution in [0.4, 0.5) is 4.39 Å². The van der Waals surface area contributed by atoms with Gasteiger partial charge in [0.1, 0.15) is 18.2 Å². The number of hydrogen-bond acceptors (Lipinski definition) is 5. The van der Waals surface area contributed by atoms with Crippen LogP contribution in [0.1, 0.15) is 60.9 Å². The van der Waals surface area contributed by atoms with Gasteiger partial charge in [-0.3, -0.25) is 9.78 Å². The van der Waals surface area contributed by atoms with E-state index in [2.05, 4.69) is 16.4 Å². The maximum atomic E-state index is 13.3. The molecule has 172 valence electrons. The first kappa shape index (κ1) is 23.2. The molecule has 1 saturated heterocycles.